The van der Waals surface area contributed by atoms with Crippen LogP contribution in [-0.2, 0) is 28.1 Å². The van der Waals surface area contributed by atoms with Crippen LogP contribution in [0.3, 0.4) is 0 Å². The van der Waals surface area contributed by atoms with Gasteiger partial charge in [-0.05, 0) is 26.7 Å². The van der Waals surface area contributed by atoms with Crippen LogP contribution in [0.5, 0.6) is 0 Å². The molecule has 160 valence electrons. The van der Waals surface area contributed by atoms with Crippen molar-refractivity contribution in [3.63, 3.8) is 0 Å². The van der Waals surface area contributed by atoms with Gasteiger partial charge in [0.15, 0.2) is 0 Å². The SMILES string of the molecule is CCCCn1cc(NC(=O)[C@H]2C[C@@H](c3cn(CC)nc3C)NS(=O)(=O)N2C)cn1. The molecule has 11 heteroatoms. The molecule has 3 heterocycles. The van der Waals surface area contributed by atoms with E-state index in [1.807, 2.05) is 20.0 Å². The number of anilines is 1. The van der Waals surface area contributed by atoms with Gasteiger partial charge in [0.25, 0.3) is 10.2 Å². The molecule has 2 aromatic rings. The Morgan fingerprint density at radius 1 is 1.31 bits per heavy atom. The molecule has 3 rings (SSSR count). The summed E-state index contributed by atoms with van der Waals surface area (Å²) in [5.41, 5.74) is 2.09. The van der Waals surface area contributed by atoms with Gasteiger partial charge in [0.1, 0.15) is 6.04 Å². The number of nitrogens with zero attached hydrogens (tertiary/aromatic N) is 5. The van der Waals surface area contributed by atoms with Crippen molar-refractivity contribution >= 4 is 21.8 Å². The number of aromatic nitrogens is 4. The molecule has 0 radical (unpaired) electrons. The predicted molar refractivity (Wildman–Crippen MR) is 109 cm³/mol. The summed E-state index contributed by atoms with van der Waals surface area (Å²) in [7, 11) is -2.39. The van der Waals surface area contributed by atoms with Crippen molar-refractivity contribution in [2.75, 3.05) is 12.4 Å². The van der Waals surface area contributed by atoms with E-state index in [2.05, 4.69) is 27.2 Å². The van der Waals surface area contributed by atoms with Crippen LogP contribution in [0.25, 0.3) is 0 Å². The van der Waals surface area contributed by atoms with Gasteiger partial charge < -0.3 is 5.32 Å². The summed E-state index contributed by atoms with van der Waals surface area (Å²) >= 11 is 0. The van der Waals surface area contributed by atoms with Crippen molar-refractivity contribution in [1.29, 1.82) is 0 Å². The Balaban J connectivity index is 1.78. The molecule has 1 amide bonds. The Labute approximate surface area is 171 Å². The molecular weight excluding hydrogens is 394 g/mol. The molecule has 1 aliphatic rings. The van der Waals surface area contributed by atoms with Crippen LogP contribution < -0.4 is 10.0 Å². The lowest BCUT2D eigenvalue weighted by Crippen LogP contribution is -2.56. The van der Waals surface area contributed by atoms with Crippen LogP contribution in [0.1, 0.15) is 50.4 Å². The van der Waals surface area contributed by atoms with E-state index in [0.717, 1.165) is 34.9 Å². The average molecular weight is 424 g/mol. The number of hydrogen-bond donors (Lipinski definition) is 2. The summed E-state index contributed by atoms with van der Waals surface area (Å²) < 4.78 is 32.5. The summed E-state index contributed by atoms with van der Waals surface area (Å²) in [4.78, 5) is 12.9. The Morgan fingerprint density at radius 2 is 2.07 bits per heavy atom. The maximum absolute atomic E-state index is 12.9. The lowest BCUT2D eigenvalue weighted by Gasteiger charge is -2.35. The second-order valence-corrected chi connectivity index (χ2v) is 9.07. The van der Waals surface area contributed by atoms with E-state index in [0.29, 0.717) is 18.7 Å². The Hall–Kier alpha value is -2.24. The van der Waals surface area contributed by atoms with Crippen molar-refractivity contribution in [3.8, 4) is 0 Å². The van der Waals surface area contributed by atoms with Gasteiger partial charge in [-0.2, -0.15) is 27.6 Å². The summed E-state index contributed by atoms with van der Waals surface area (Å²) in [6.45, 7) is 7.37. The van der Waals surface area contributed by atoms with Crippen molar-refractivity contribution in [3.05, 3.63) is 29.8 Å². The highest BCUT2D eigenvalue weighted by atomic mass is 32.2. The number of hydrogen-bond acceptors (Lipinski definition) is 5. The Morgan fingerprint density at radius 3 is 2.72 bits per heavy atom. The highest BCUT2D eigenvalue weighted by Crippen LogP contribution is 2.30. The summed E-state index contributed by atoms with van der Waals surface area (Å²) in [6.07, 6.45) is 7.53. The minimum absolute atomic E-state index is 0.307. The van der Waals surface area contributed by atoms with Gasteiger partial charge in [0.05, 0.1) is 23.6 Å². The first-order valence-corrected chi connectivity index (χ1v) is 11.3. The fourth-order valence-electron chi connectivity index (χ4n) is 3.45. The number of unbranched alkanes of at least 4 members (excludes halogenated alkanes) is 1. The van der Waals surface area contributed by atoms with Crippen LogP contribution >= 0.6 is 0 Å². The van der Waals surface area contributed by atoms with Gasteiger partial charge in [-0.25, -0.2) is 0 Å². The second-order valence-electron chi connectivity index (χ2n) is 7.30. The van der Waals surface area contributed by atoms with Gasteiger partial charge in [-0.3, -0.25) is 14.2 Å². The van der Waals surface area contributed by atoms with E-state index >= 15 is 0 Å². The van der Waals surface area contributed by atoms with E-state index in [9.17, 15) is 13.2 Å². The first kappa shape index (κ1) is 21.5. The maximum atomic E-state index is 12.9. The molecule has 2 N–H and O–H groups in total. The zero-order valence-electron chi connectivity index (χ0n) is 17.3. The molecule has 10 nitrogen and oxygen atoms in total. The van der Waals surface area contributed by atoms with Gasteiger partial charge >= 0.3 is 0 Å². The molecule has 0 spiro atoms. The zero-order chi connectivity index (χ0) is 21.2. The van der Waals surface area contributed by atoms with Crippen molar-refractivity contribution < 1.29 is 13.2 Å². The lowest BCUT2D eigenvalue weighted by molar-refractivity contribution is -0.120. The standard InChI is InChI=1S/C18H29N7O3S/c1-5-7-8-25-11-14(10-19-25)20-18(26)17-9-16(22-29(27,28)23(17)4)15-12-24(6-2)21-13(15)3/h10-12,16-17,22H,5-9H2,1-4H3,(H,20,26)/t16-,17+/m0/s1. The minimum Gasteiger partial charge on any atom is -0.322 e. The van der Waals surface area contributed by atoms with E-state index < -0.39 is 22.3 Å². The molecule has 1 saturated heterocycles. The lowest BCUT2D eigenvalue weighted by atomic mass is 10.00. The Kier molecular flexibility index (Phi) is 6.39. The fraction of sp³-hybridized carbons (Fsp3) is 0.611. The zero-order valence-corrected chi connectivity index (χ0v) is 18.1. The first-order chi connectivity index (χ1) is 13.7. The third kappa shape index (κ3) is 4.68. The highest BCUT2D eigenvalue weighted by Gasteiger charge is 2.41. The molecule has 2 atom stereocenters. The third-order valence-electron chi connectivity index (χ3n) is 5.20. The molecule has 2 aromatic heterocycles. The largest absolute Gasteiger partial charge is 0.322 e. The monoisotopic (exact) mass is 423 g/mol. The smallest absolute Gasteiger partial charge is 0.280 e. The molecule has 0 bridgehead atoms. The van der Waals surface area contributed by atoms with Crippen molar-refractivity contribution in [2.24, 2.45) is 0 Å². The quantitative estimate of drug-likeness (QED) is 0.699. The summed E-state index contributed by atoms with van der Waals surface area (Å²) in [5.74, 6) is -0.377. The van der Waals surface area contributed by atoms with Crippen molar-refractivity contribution in [1.82, 2.24) is 28.6 Å². The fourth-order valence-corrected chi connectivity index (χ4v) is 4.71. The normalized spacial score (nSPS) is 21.9. The number of amides is 1. The molecule has 0 unspecified atom stereocenters. The number of carbonyl (C=O) groups excluding carboxylic acids is 1. The molecule has 1 aliphatic heterocycles. The van der Waals surface area contributed by atoms with Gasteiger partial charge in [-0.1, -0.05) is 13.3 Å². The molecule has 0 aromatic carbocycles. The minimum atomic E-state index is -3.80. The van der Waals surface area contributed by atoms with Gasteiger partial charge in [0, 0.05) is 38.1 Å². The van der Waals surface area contributed by atoms with E-state index in [-0.39, 0.29) is 5.91 Å². The first-order valence-electron chi connectivity index (χ1n) is 9.87. The van der Waals surface area contributed by atoms with Gasteiger partial charge in [-0.15, -0.1) is 0 Å². The number of carbonyl (C=O) groups is 1. The number of rotatable bonds is 7. The maximum Gasteiger partial charge on any atom is 0.280 e. The van der Waals surface area contributed by atoms with E-state index in [1.165, 1.54) is 7.05 Å². The Bertz CT molecular complexity index is 966. The van der Waals surface area contributed by atoms with Crippen LogP contribution in [0.2, 0.25) is 0 Å². The number of likely N-dealkylation sites (N-methyl/N-ethyl adjacent to an activating group) is 1. The summed E-state index contributed by atoms with van der Waals surface area (Å²) in [6, 6.07) is -1.35. The van der Waals surface area contributed by atoms with E-state index in [4.69, 9.17) is 0 Å². The average Bonchev–Trinajstić information content (AvgIpc) is 3.28. The molecule has 0 aliphatic carbocycles. The molecule has 1 fully saturated rings. The second kappa shape index (κ2) is 8.64. The van der Waals surface area contributed by atoms with Crippen LogP contribution in [0.15, 0.2) is 18.6 Å². The van der Waals surface area contributed by atoms with Crippen molar-refractivity contribution in [2.45, 2.75) is 65.2 Å². The van der Waals surface area contributed by atoms with Crippen LogP contribution in [0, 0.1) is 6.92 Å². The number of aryl methyl sites for hydroxylation is 3. The highest BCUT2D eigenvalue weighted by molar-refractivity contribution is 7.87. The predicted octanol–water partition coefficient (Wildman–Crippen LogP) is 1.43. The van der Waals surface area contributed by atoms with E-state index in [1.54, 1.807) is 21.8 Å². The molecular formula is C18H29N7O3S. The third-order valence-corrected chi connectivity index (χ3v) is 6.79. The van der Waals surface area contributed by atoms with Gasteiger partial charge in [0.2, 0.25) is 5.91 Å². The number of nitrogens with one attached hydrogen (secondary N) is 2. The topological polar surface area (TPSA) is 114 Å². The summed E-state index contributed by atoms with van der Waals surface area (Å²) in [5, 5.41) is 11.4. The van der Waals surface area contributed by atoms with Crippen LogP contribution in [0.4, 0.5) is 5.69 Å². The molecule has 29 heavy (non-hydrogen) atoms. The molecule has 0 saturated carbocycles. The van der Waals surface area contributed by atoms with Crippen LogP contribution in [-0.4, -0.2) is 51.3 Å².